The summed E-state index contributed by atoms with van der Waals surface area (Å²) < 4.78 is 35.1. The van der Waals surface area contributed by atoms with Crippen LogP contribution in [0.3, 0.4) is 0 Å². The Labute approximate surface area is 273 Å². The Morgan fingerprint density at radius 3 is 2.09 bits per heavy atom. The van der Waals surface area contributed by atoms with Crippen LogP contribution in [0.15, 0.2) is 108 Å². The zero-order chi connectivity index (χ0) is 33.5. The summed E-state index contributed by atoms with van der Waals surface area (Å²) in [5.41, 5.74) is 2.97. The Bertz CT molecular complexity index is 1750. The van der Waals surface area contributed by atoms with Crippen LogP contribution in [-0.2, 0) is 32.6 Å². The van der Waals surface area contributed by atoms with Gasteiger partial charge >= 0.3 is 0 Å². The maximum Gasteiger partial charge on any atom is 0.264 e. The Balaban J connectivity index is 1.85. The summed E-state index contributed by atoms with van der Waals surface area (Å²) in [5, 5.41) is 3.05. The number of sulfonamides is 1. The number of methoxy groups -OCH3 is 1. The molecule has 242 valence electrons. The van der Waals surface area contributed by atoms with E-state index in [1.165, 1.54) is 17.0 Å². The van der Waals surface area contributed by atoms with Crippen LogP contribution in [0.4, 0.5) is 5.69 Å². The average Bonchev–Trinajstić information content (AvgIpc) is 3.02. The first-order valence-electron chi connectivity index (χ1n) is 15.2. The van der Waals surface area contributed by atoms with Gasteiger partial charge in [0, 0.05) is 18.5 Å². The lowest BCUT2D eigenvalue weighted by Gasteiger charge is -2.35. The van der Waals surface area contributed by atoms with Gasteiger partial charge in [0.05, 0.1) is 17.7 Å². The highest BCUT2D eigenvalue weighted by Crippen LogP contribution is 2.29. The summed E-state index contributed by atoms with van der Waals surface area (Å²) in [7, 11) is -2.61. The van der Waals surface area contributed by atoms with Crippen molar-refractivity contribution in [2.24, 2.45) is 0 Å². The topological polar surface area (TPSA) is 96.0 Å². The van der Waals surface area contributed by atoms with Gasteiger partial charge in [-0.2, -0.15) is 0 Å². The number of carbonyl (C=O) groups is 2. The number of carbonyl (C=O) groups excluding carboxylic acids is 2. The van der Waals surface area contributed by atoms with Gasteiger partial charge in [0.2, 0.25) is 11.8 Å². The highest BCUT2D eigenvalue weighted by atomic mass is 32.2. The van der Waals surface area contributed by atoms with Gasteiger partial charge < -0.3 is 15.0 Å². The molecule has 4 aromatic rings. The van der Waals surface area contributed by atoms with E-state index in [9.17, 15) is 18.0 Å². The Kier molecular flexibility index (Phi) is 10.9. The predicted octanol–water partition coefficient (Wildman–Crippen LogP) is 6.06. The lowest BCUT2D eigenvalue weighted by atomic mass is 10.0. The second kappa shape index (κ2) is 14.6. The summed E-state index contributed by atoms with van der Waals surface area (Å²) in [4.78, 5) is 30.3. The van der Waals surface area contributed by atoms with Crippen LogP contribution in [0.5, 0.6) is 5.75 Å². The minimum Gasteiger partial charge on any atom is -0.497 e. The standard InChI is InChI=1S/C37H43N3O5S/c1-27-20-21-28(2)33(22-27)40(46(43,44)32-18-11-8-12-19-32)26-35(41)39(25-30-16-13-17-31(23-30)45-6)34(36(42)38-37(3,4)5)24-29-14-9-7-10-15-29/h7-23,34H,24-26H2,1-6H3,(H,38,42). The summed E-state index contributed by atoms with van der Waals surface area (Å²) >= 11 is 0. The van der Waals surface area contributed by atoms with E-state index in [-0.39, 0.29) is 23.8 Å². The van der Waals surface area contributed by atoms with E-state index < -0.39 is 34.1 Å². The molecule has 0 aliphatic rings. The van der Waals surface area contributed by atoms with E-state index in [0.29, 0.717) is 17.0 Å². The van der Waals surface area contributed by atoms with Crippen molar-refractivity contribution in [3.8, 4) is 5.75 Å². The van der Waals surface area contributed by atoms with Gasteiger partial charge in [-0.3, -0.25) is 13.9 Å². The van der Waals surface area contributed by atoms with Crippen LogP contribution in [0.25, 0.3) is 0 Å². The van der Waals surface area contributed by atoms with Crippen molar-refractivity contribution in [1.82, 2.24) is 10.2 Å². The normalized spacial score (nSPS) is 12.2. The number of benzene rings is 4. The first-order valence-corrected chi connectivity index (χ1v) is 16.7. The van der Waals surface area contributed by atoms with E-state index in [4.69, 9.17) is 4.74 Å². The van der Waals surface area contributed by atoms with Crippen molar-refractivity contribution < 1.29 is 22.7 Å². The Morgan fingerprint density at radius 1 is 0.826 bits per heavy atom. The molecule has 0 fully saturated rings. The summed E-state index contributed by atoms with van der Waals surface area (Å²) in [6, 6.07) is 29.4. The smallest absolute Gasteiger partial charge is 0.264 e. The fourth-order valence-corrected chi connectivity index (χ4v) is 6.69. The average molecular weight is 642 g/mol. The lowest BCUT2D eigenvalue weighted by Crippen LogP contribution is -2.56. The van der Waals surface area contributed by atoms with Crippen molar-refractivity contribution in [1.29, 1.82) is 0 Å². The highest BCUT2D eigenvalue weighted by molar-refractivity contribution is 7.92. The molecule has 2 amide bonds. The fourth-order valence-electron chi connectivity index (χ4n) is 5.20. The number of hydrogen-bond acceptors (Lipinski definition) is 5. The van der Waals surface area contributed by atoms with E-state index in [1.54, 1.807) is 37.4 Å². The molecule has 0 aliphatic heterocycles. The molecule has 4 aromatic carbocycles. The van der Waals surface area contributed by atoms with Crippen molar-refractivity contribution in [3.63, 3.8) is 0 Å². The third kappa shape index (κ3) is 8.75. The van der Waals surface area contributed by atoms with Gasteiger partial charge in [0.1, 0.15) is 18.3 Å². The first kappa shape index (κ1) is 34.2. The number of ether oxygens (including phenoxy) is 1. The molecular weight excluding hydrogens is 598 g/mol. The second-order valence-electron chi connectivity index (χ2n) is 12.4. The highest BCUT2D eigenvalue weighted by Gasteiger charge is 2.36. The van der Waals surface area contributed by atoms with Crippen LogP contribution < -0.4 is 14.4 Å². The number of rotatable bonds is 12. The van der Waals surface area contributed by atoms with Gasteiger partial charge in [0.25, 0.3) is 10.0 Å². The zero-order valence-electron chi connectivity index (χ0n) is 27.4. The molecule has 1 unspecified atom stereocenters. The second-order valence-corrected chi connectivity index (χ2v) is 14.3. The number of nitrogens with one attached hydrogen (secondary N) is 1. The summed E-state index contributed by atoms with van der Waals surface area (Å²) in [6.45, 7) is 8.88. The molecule has 0 aromatic heterocycles. The van der Waals surface area contributed by atoms with Crippen molar-refractivity contribution in [2.75, 3.05) is 18.0 Å². The molecule has 1 atom stereocenters. The predicted molar refractivity (Wildman–Crippen MR) is 182 cm³/mol. The van der Waals surface area contributed by atoms with Gasteiger partial charge in [-0.1, -0.05) is 72.8 Å². The maximum absolute atomic E-state index is 14.7. The van der Waals surface area contributed by atoms with E-state index in [2.05, 4.69) is 5.32 Å². The molecule has 0 heterocycles. The van der Waals surface area contributed by atoms with Crippen LogP contribution in [-0.4, -0.2) is 50.4 Å². The molecule has 1 N–H and O–H groups in total. The molecule has 0 radical (unpaired) electrons. The maximum atomic E-state index is 14.7. The van der Waals surface area contributed by atoms with E-state index in [0.717, 1.165) is 21.0 Å². The first-order chi connectivity index (χ1) is 21.8. The van der Waals surface area contributed by atoms with Crippen LogP contribution in [0.2, 0.25) is 0 Å². The van der Waals surface area contributed by atoms with Crippen molar-refractivity contribution >= 4 is 27.5 Å². The zero-order valence-corrected chi connectivity index (χ0v) is 28.2. The van der Waals surface area contributed by atoms with Crippen molar-refractivity contribution in [3.05, 3.63) is 125 Å². The molecular formula is C37H43N3O5S. The summed E-state index contributed by atoms with van der Waals surface area (Å²) in [5.74, 6) is -0.252. The van der Waals surface area contributed by atoms with Gasteiger partial charge in [0.15, 0.2) is 0 Å². The largest absolute Gasteiger partial charge is 0.497 e. The van der Waals surface area contributed by atoms with Gasteiger partial charge in [-0.25, -0.2) is 8.42 Å². The monoisotopic (exact) mass is 641 g/mol. The van der Waals surface area contributed by atoms with Gasteiger partial charge in [-0.05, 0) is 87.2 Å². The molecule has 0 saturated heterocycles. The number of amides is 2. The Morgan fingerprint density at radius 2 is 1.46 bits per heavy atom. The van der Waals surface area contributed by atoms with Crippen LogP contribution in [0.1, 0.15) is 43.0 Å². The van der Waals surface area contributed by atoms with Crippen LogP contribution >= 0.6 is 0 Å². The van der Waals surface area contributed by atoms with E-state index >= 15 is 0 Å². The fraction of sp³-hybridized carbons (Fsp3) is 0.297. The third-order valence-electron chi connectivity index (χ3n) is 7.50. The minimum absolute atomic E-state index is 0.0527. The minimum atomic E-state index is -4.17. The molecule has 0 bridgehead atoms. The molecule has 4 rings (SSSR count). The number of anilines is 1. The molecule has 9 heteroatoms. The Hall–Kier alpha value is -4.63. The number of nitrogens with zero attached hydrogens (tertiary/aromatic N) is 2. The van der Waals surface area contributed by atoms with Gasteiger partial charge in [-0.15, -0.1) is 0 Å². The van der Waals surface area contributed by atoms with E-state index in [1.807, 2.05) is 95.3 Å². The molecule has 0 saturated carbocycles. The molecule has 8 nitrogen and oxygen atoms in total. The SMILES string of the molecule is COc1cccc(CN(C(=O)CN(c2cc(C)ccc2C)S(=O)(=O)c2ccccc2)C(Cc2ccccc2)C(=O)NC(C)(C)C)c1. The van der Waals surface area contributed by atoms with Crippen molar-refractivity contribution in [2.45, 2.75) is 64.1 Å². The third-order valence-corrected chi connectivity index (χ3v) is 9.27. The number of aryl methyl sites for hydroxylation is 2. The summed E-state index contributed by atoms with van der Waals surface area (Å²) in [6.07, 6.45) is 0.230. The van der Waals surface area contributed by atoms with Crippen LogP contribution in [0, 0.1) is 13.8 Å². The molecule has 0 aliphatic carbocycles. The molecule has 0 spiro atoms. The number of hydrogen-bond donors (Lipinski definition) is 1. The quantitative estimate of drug-likeness (QED) is 0.203. The molecule has 46 heavy (non-hydrogen) atoms. The lowest BCUT2D eigenvalue weighted by molar-refractivity contribution is -0.140.